The van der Waals surface area contributed by atoms with Crippen LogP contribution in [-0.2, 0) is 4.74 Å². The maximum Gasteiger partial charge on any atom is 0.0671 e. The Kier molecular flexibility index (Phi) is 2.26. The molecule has 2 nitrogen and oxygen atoms in total. The summed E-state index contributed by atoms with van der Waals surface area (Å²) in [6.07, 6.45) is 2.71. The first-order chi connectivity index (χ1) is 4.91. The van der Waals surface area contributed by atoms with Gasteiger partial charge < -0.3 is 9.84 Å². The minimum atomic E-state index is -0.356. The zero-order chi connectivity index (χ0) is 8.54. The smallest absolute Gasteiger partial charge is 0.0671 e. The van der Waals surface area contributed by atoms with E-state index in [0.717, 1.165) is 19.3 Å². The first kappa shape index (κ1) is 9.01. The Balaban J connectivity index is 2.05. The SMILES string of the molecule is CC(C)(C)OCCC1(O)CC1. The lowest BCUT2D eigenvalue weighted by molar-refractivity contribution is -0.0222. The van der Waals surface area contributed by atoms with E-state index in [2.05, 4.69) is 0 Å². The molecule has 0 aromatic carbocycles. The van der Waals surface area contributed by atoms with E-state index in [-0.39, 0.29) is 11.2 Å². The molecule has 0 aromatic heterocycles. The molecular formula is C9H18O2. The highest BCUT2D eigenvalue weighted by Crippen LogP contribution is 2.38. The molecule has 1 N–H and O–H groups in total. The molecule has 0 heterocycles. The minimum Gasteiger partial charge on any atom is -0.390 e. The van der Waals surface area contributed by atoms with Crippen molar-refractivity contribution < 1.29 is 9.84 Å². The molecule has 1 saturated carbocycles. The average Bonchev–Trinajstić information content (AvgIpc) is 2.44. The largest absolute Gasteiger partial charge is 0.390 e. The summed E-state index contributed by atoms with van der Waals surface area (Å²) in [4.78, 5) is 0. The van der Waals surface area contributed by atoms with E-state index < -0.39 is 0 Å². The quantitative estimate of drug-likeness (QED) is 0.677. The van der Waals surface area contributed by atoms with E-state index >= 15 is 0 Å². The normalized spacial score (nSPS) is 21.8. The summed E-state index contributed by atoms with van der Waals surface area (Å²) in [5.41, 5.74) is -0.420. The van der Waals surface area contributed by atoms with Crippen LogP contribution in [-0.4, -0.2) is 22.9 Å². The van der Waals surface area contributed by atoms with Crippen LogP contribution in [0.4, 0.5) is 0 Å². The average molecular weight is 158 g/mol. The van der Waals surface area contributed by atoms with Crippen LogP contribution in [0.3, 0.4) is 0 Å². The predicted molar refractivity (Wildman–Crippen MR) is 44.5 cm³/mol. The Bertz CT molecular complexity index is 126. The number of ether oxygens (including phenoxy) is 1. The molecule has 0 amide bonds. The Hall–Kier alpha value is -0.0800. The van der Waals surface area contributed by atoms with Crippen molar-refractivity contribution in [3.05, 3.63) is 0 Å². The predicted octanol–water partition coefficient (Wildman–Crippen LogP) is 1.72. The van der Waals surface area contributed by atoms with E-state index in [9.17, 15) is 5.11 Å². The lowest BCUT2D eigenvalue weighted by atomic mass is 10.2. The fourth-order valence-corrected chi connectivity index (χ4v) is 0.941. The molecule has 0 unspecified atom stereocenters. The first-order valence-electron chi connectivity index (χ1n) is 4.28. The number of rotatable bonds is 3. The topological polar surface area (TPSA) is 29.5 Å². The highest BCUT2D eigenvalue weighted by Gasteiger charge is 2.39. The third-order valence-corrected chi connectivity index (χ3v) is 1.93. The summed E-state index contributed by atoms with van der Waals surface area (Å²) >= 11 is 0. The van der Waals surface area contributed by atoms with Gasteiger partial charge in [-0.05, 0) is 40.0 Å². The second-order valence-electron chi connectivity index (χ2n) is 4.44. The molecule has 1 aliphatic carbocycles. The van der Waals surface area contributed by atoms with Crippen molar-refractivity contribution in [2.24, 2.45) is 0 Å². The van der Waals surface area contributed by atoms with Crippen LogP contribution in [0.1, 0.15) is 40.0 Å². The summed E-state index contributed by atoms with van der Waals surface area (Å²) in [7, 11) is 0. The van der Waals surface area contributed by atoms with Crippen molar-refractivity contribution in [2.75, 3.05) is 6.61 Å². The molecular weight excluding hydrogens is 140 g/mol. The molecule has 66 valence electrons. The summed E-state index contributed by atoms with van der Waals surface area (Å²) in [6.45, 7) is 6.78. The van der Waals surface area contributed by atoms with Crippen LogP contribution in [0.25, 0.3) is 0 Å². The molecule has 0 spiro atoms. The van der Waals surface area contributed by atoms with Crippen LogP contribution in [0.15, 0.2) is 0 Å². The molecule has 1 aliphatic rings. The Morgan fingerprint density at radius 3 is 2.27 bits per heavy atom. The van der Waals surface area contributed by atoms with Crippen molar-refractivity contribution in [3.8, 4) is 0 Å². The highest BCUT2D eigenvalue weighted by atomic mass is 16.5. The lowest BCUT2D eigenvalue weighted by Crippen LogP contribution is -2.22. The molecule has 0 radical (unpaired) electrons. The summed E-state index contributed by atoms with van der Waals surface area (Å²) in [5, 5.41) is 9.45. The van der Waals surface area contributed by atoms with Gasteiger partial charge in [0.05, 0.1) is 17.8 Å². The fourth-order valence-electron chi connectivity index (χ4n) is 0.941. The van der Waals surface area contributed by atoms with Gasteiger partial charge in [-0.15, -0.1) is 0 Å². The van der Waals surface area contributed by atoms with Crippen LogP contribution >= 0.6 is 0 Å². The summed E-state index contributed by atoms with van der Waals surface area (Å²) in [6, 6.07) is 0. The molecule has 0 bridgehead atoms. The highest BCUT2D eigenvalue weighted by molar-refractivity contribution is 4.92. The van der Waals surface area contributed by atoms with Gasteiger partial charge in [0.2, 0.25) is 0 Å². The lowest BCUT2D eigenvalue weighted by Gasteiger charge is -2.20. The first-order valence-corrected chi connectivity index (χ1v) is 4.28. The van der Waals surface area contributed by atoms with Crippen molar-refractivity contribution in [1.29, 1.82) is 0 Å². The second kappa shape index (κ2) is 2.76. The van der Waals surface area contributed by atoms with Crippen molar-refractivity contribution in [1.82, 2.24) is 0 Å². The third kappa shape index (κ3) is 3.73. The van der Waals surface area contributed by atoms with E-state index in [0.29, 0.717) is 6.61 Å². The van der Waals surface area contributed by atoms with Gasteiger partial charge in [0.1, 0.15) is 0 Å². The van der Waals surface area contributed by atoms with Crippen molar-refractivity contribution >= 4 is 0 Å². The monoisotopic (exact) mass is 158 g/mol. The van der Waals surface area contributed by atoms with Crippen LogP contribution in [0, 0.1) is 0 Å². The zero-order valence-electron chi connectivity index (χ0n) is 7.68. The number of aliphatic hydroxyl groups is 1. The Labute approximate surface area is 68.6 Å². The molecule has 0 aliphatic heterocycles. The van der Waals surface area contributed by atoms with Gasteiger partial charge in [0.25, 0.3) is 0 Å². The standard InChI is InChI=1S/C9H18O2/c1-8(2,3)11-7-6-9(10)4-5-9/h10H,4-7H2,1-3H3. The maximum absolute atomic E-state index is 9.45. The van der Waals surface area contributed by atoms with Crippen LogP contribution in [0.2, 0.25) is 0 Å². The van der Waals surface area contributed by atoms with E-state index in [1.807, 2.05) is 20.8 Å². The number of hydrogen-bond acceptors (Lipinski definition) is 2. The second-order valence-corrected chi connectivity index (χ2v) is 4.44. The summed E-state index contributed by atoms with van der Waals surface area (Å²) < 4.78 is 5.49. The van der Waals surface area contributed by atoms with Crippen LogP contribution < -0.4 is 0 Å². The molecule has 2 heteroatoms. The van der Waals surface area contributed by atoms with E-state index in [4.69, 9.17) is 4.74 Å². The van der Waals surface area contributed by atoms with Crippen molar-refractivity contribution in [2.45, 2.75) is 51.2 Å². The van der Waals surface area contributed by atoms with Gasteiger partial charge >= 0.3 is 0 Å². The number of hydrogen-bond donors (Lipinski definition) is 1. The molecule has 0 atom stereocenters. The minimum absolute atomic E-state index is 0.0642. The van der Waals surface area contributed by atoms with E-state index in [1.54, 1.807) is 0 Å². The van der Waals surface area contributed by atoms with Gasteiger partial charge in [0.15, 0.2) is 0 Å². The van der Waals surface area contributed by atoms with Gasteiger partial charge in [-0.3, -0.25) is 0 Å². The molecule has 1 rings (SSSR count). The van der Waals surface area contributed by atoms with Gasteiger partial charge in [-0.25, -0.2) is 0 Å². The third-order valence-electron chi connectivity index (χ3n) is 1.93. The maximum atomic E-state index is 9.45. The molecule has 0 saturated heterocycles. The van der Waals surface area contributed by atoms with E-state index in [1.165, 1.54) is 0 Å². The van der Waals surface area contributed by atoms with Gasteiger partial charge in [-0.2, -0.15) is 0 Å². The Morgan fingerprint density at radius 2 is 1.91 bits per heavy atom. The van der Waals surface area contributed by atoms with Crippen molar-refractivity contribution in [3.63, 3.8) is 0 Å². The molecule has 0 aromatic rings. The zero-order valence-corrected chi connectivity index (χ0v) is 7.68. The fraction of sp³-hybridized carbons (Fsp3) is 1.00. The van der Waals surface area contributed by atoms with Crippen LogP contribution in [0.5, 0.6) is 0 Å². The van der Waals surface area contributed by atoms with Gasteiger partial charge in [0, 0.05) is 0 Å². The summed E-state index contributed by atoms with van der Waals surface area (Å²) in [5.74, 6) is 0. The molecule has 1 fully saturated rings. The van der Waals surface area contributed by atoms with Gasteiger partial charge in [-0.1, -0.05) is 0 Å². The molecule has 11 heavy (non-hydrogen) atoms. The Morgan fingerprint density at radius 1 is 1.36 bits per heavy atom.